The highest BCUT2D eigenvalue weighted by Gasteiger charge is 2.30. The highest BCUT2D eigenvalue weighted by molar-refractivity contribution is 5.84. The molecule has 0 bridgehead atoms. The molecule has 0 aliphatic rings. The molecule has 106 valence electrons. The van der Waals surface area contributed by atoms with Crippen molar-refractivity contribution in [1.82, 2.24) is 0 Å². The van der Waals surface area contributed by atoms with Gasteiger partial charge in [-0.3, -0.25) is 4.79 Å². The summed E-state index contributed by atoms with van der Waals surface area (Å²) in [7, 11) is 3.24. The van der Waals surface area contributed by atoms with Crippen molar-refractivity contribution < 1.29 is 14.3 Å². The summed E-state index contributed by atoms with van der Waals surface area (Å²) in [4.78, 5) is 12.2. The molecule has 0 N–H and O–H groups in total. The Morgan fingerprint density at radius 2 is 1.74 bits per heavy atom. The molecule has 0 aliphatic heterocycles. The van der Waals surface area contributed by atoms with Gasteiger partial charge in [-0.1, -0.05) is 32.9 Å². The third-order valence-corrected chi connectivity index (χ3v) is 3.13. The number of methoxy groups -OCH3 is 2. The number of ketones is 1. The number of ether oxygens (including phenoxy) is 2. The van der Waals surface area contributed by atoms with E-state index in [0.717, 1.165) is 17.7 Å². The van der Waals surface area contributed by atoms with Gasteiger partial charge in [0.2, 0.25) is 0 Å². The molecule has 0 radical (unpaired) electrons. The Bertz CT molecular complexity index is 401. The third-order valence-electron chi connectivity index (χ3n) is 3.13. The number of hydrogen-bond donors (Lipinski definition) is 0. The van der Waals surface area contributed by atoms with E-state index in [4.69, 9.17) is 9.47 Å². The maximum Gasteiger partial charge on any atom is 0.162 e. The van der Waals surface area contributed by atoms with Gasteiger partial charge in [-0.15, -0.1) is 0 Å². The molecule has 0 saturated carbocycles. The molecule has 1 aromatic rings. The Morgan fingerprint density at radius 3 is 2.16 bits per heavy atom. The van der Waals surface area contributed by atoms with Gasteiger partial charge in [0.15, 0.2) is 5.78 Å². The third kappa shape index (κ3) is 4.67. The fourth-order valence-electron chi connectivity index (χ4n) is 2.16. The van der Waals surface area contributed by atoms with Crippen LogP contribution in [0.1, 0.15) is 32.8 Å². The fraction of sp³-hybridized carbons (Fsp3) is 0.562. The fourth-order valence-corrected chi connectivity index (χ4v) is 2.16. The highest BCUT2D eigenvalue weighted by Crippen LogP contribution is 2.24. The number of benzene rings is 1. The zero-order chi connectivity index (χ0) is 14.5. The van der Waals surface area contributed by atoms with Gasteiger partial charge < -0.3 is 9.47 Å². The first-order valence-electron chi connectivity index (χ1n) is 6.57. The van der Waals surface area contributed by atoms with Gasteiger partial charge in [-0.2, -0.15) is 0 Å². The van der Waals surface area contributed by atoms with Crippen LogP contribution < -0.4 is 4.74 Å². The summed E-state index contributed by atoms with van der Waals surface area (Å²) in [6.45, 7) is 6.06. The lowest BCUT2D eigenvalue weighted by atomic mass is 9.85. The molecular formula is C16H24O3. The molecule has 0 saturated heterocycles. The first kappa shape index (κ1) is 15.7. The molecule has 0 amide bonds. The van der Waals surface area contributed by atoms with Gasteiger partial charge in [0.25, 0.3) is 0 Å². The molecule has 0 spiro atoms. The van der Waals surface area contributed by atoms with Crippen LogP contribution in [0.4, 0.5) is 0 Å². The van der Waals surface area contributed by atoms with Gasteiger partial charge in [-0.05, 0) is 29.5 Å². The van der Waals surface area contributed by atoms with Crippen molar-refractivity contribution >= 4 is 5.78 Å². The van der Waals surface area contributed by atoms with E-state index in [9.17, 15) is 4.79 Å². The molecule has 3 nitrogen and oxygen atoms in total. The first-order chi connectivity index (χ1) is 8.88. The molecule has 1 atom stereocenters. The van der Waals surface area contributed by atoms with Crippen LogP contribution in [0.15, 0.2) is 24.3 Å². The summed E-state index contributed by atoms with van der Waals surface area (Å²) < 4.78 is 10.4. The van der Waals surface area contributed by atoms with E-state index < -0.39 is 0 Å². The second-order valence-corrected chi connectivity index (χ2v) is 5.80. The summed E-state index contributed by atoms with van der Waals surface area (Å²) in [5.74, 6) is 0.991. The van der Waals surface area contributed by atoms with Crippen molar-refractivity contribution in [3.05, 3.63) is 29.8 Å². The van der Waals surface area contributed by atoms with Crippen LogP contribution in [-0.2, 0) is 16.0 Å². The van der Waals surface area contributed by atoms with Crippen LogP contribution in [0.3, 0.4) is 0 Å². The number of Topliss-reactive ketones (excluding diaryl/α,β-unsaturated/α-hetero) is 1. The SMILES string of the molecule is COc1ccc(CCC(=O)C(OC)C(C)(C)C)cc1. The Hall–Kier alpha value is -1.35. The van der Waals surface area contributed by atoms with Crippen molar-refractivity contribution in [2.45, 2.75) is 39.7 Å². The lowest BCUT2D eigenvalue weighted by Gasteiger charge is -2.28. The minimum absolute atomic E-state index is 0.158. The average molecular weight is 264 g/mol. The first-order valence-corrected chi connectivity index (χ1v) is 6.57. The number of carbonyl (C=O) groups is 1. The van der Waals surface area contributed by atoms with Crippen LogP contribution in [-0.4, -0.2) is 26.1 Å². The summed E-state index contributed by atoms with van der Waals surface area (Å²) in [6.07, 6.45) is 0.895. The number of rotatable bonds is 6. The quantitative estimate of drug-likeness (QED) is 0.791. The lowest BCUT2D eigenvalue weighted by Crippen LogP contribution is -2.36. The van der Waals surface area contributed by atoms with Crippen LogP contribution in [0.2, 0.25) is 0 Å². The molecule has 0 aliphatic carbocycles. The number of hydrogen-bond acceptors (Lipinski definition) is 3. The summed E-state index contributed by atoms with van der Waals surface area (Å²) in [5.41, 5.74) is 0.976. The van der Waals surface area contributed by atoms with E-state index in [0.29, 0.717) is 6.42 Å². The molecule has 0 heterocycles. The number of aryl methyl sites for hydroxylation is 1. The molecule has 1 aromatic carbocycles. The van der Waals surface area contributed by atoms with E-state index in [2.05, 4.69) is 0 Å². The van der Waals surface area contributed by atoms with Crippen molar-refractivity contribution in [3.63, 3.8) is 0 Å². The molecule has 1 rings (SSSR count). The molecule has 0 aromatic heterocycles. The van der Waals surface area contributed by atoms with Gasteiger partial charge in [0.05, 0.1) is 7.11 Å². The zero-order valence-electron chi connectivity index (χ0n) is 12.5. The van der Waals surface area contributed by atoms with E-state index >= 15 is 0 Å². The maximum atomic E-state index is 12.2. The minimum atomic E-state index is -0.342. The second kappa shape index (κ2) is 6.71. The summed E-state index contributed by atoms with van der Waals surface area (Å²) >= 11 is 0. The Balaban J connectivity index is 2.57. The largest absolute Gasteiger partial charge is 0.497 e. The van der Waals surface area contributed by atoms with Crippen LogP contribution in [0, 0.1) is 5.41 Å². The molecule has 1 unspecified atom stereocenters. The van der Waals surface area contributed by atoms with E-state index in [1.807, 2.05) is 45.0 Å². The Morgan fingerprint density at radius 1 is 1.16 bits per heavy atom. The molecular weight excluding hydrogens is 240 g/mol. The van der Waals surface area contributed by atoms with Crippen LogP contribution in [0.5, 0.6) is 5.75 Å². The highest BCUT2D eigenvalue weighted by atomic mass is 16.5. The smallest absolute Gasteiger partial charge is 0.162 e. The van der Waals surface area contributed by atoms with E-state index in [-0.39, 0.29) is 17.3 Å². The van der Waals surface area contributed by atoms with E-state index in [1.165, 1.54) is 0 Å². The van der Waals surface area contributed by atoms with Gasteiger partial charge in [0.1, 0.15) is 11.9 Å². The van der Waals surface area contributed by atoms with Gasteiger partial charge in [0, 0.05) is 13.5 Å². The average Bonchev–Trinajstić information content (AvgIpc) is 2.36. The van der Waals surface area contributed by atoms with Gasteiger partial charge in [-0.25, -0.2) is 0 Å². The van der Waals surface area contributed by atoms with Gasteiger partial charge >= 0.3 is 0 Å². The predicted octanol–water partition coefficient (Wildman–Crippen LogP) is 3.26. The summed E-state index contributed by atoms with van der Waals surface area (Å²) in [6, 6.07) is 7.81. The zero-order valence-corrected chi connectivity index (χ0v) is 12.5. The van der Waals surface area contributed by atoms with Crippen LogP contribution >= 0.6 is 0 Å². The molecule has 0 fully saturated rings. The normalized spacial score (nSPS) is 13.1. The standard InChI is InChI=1S/C16H24O3/c1-16(2,3)15(19-5)14(17)11-8-12-6-9-13(18-4)10-7-12/h6-7,9-10,15H,8,11H2,1-5H3. The predicted molar refractivity (Wildman–Crippen MR) is 76.6 cm³/mol. The monoisotopic (exact) mass is 264 g/mol. The Kier molecular flexibility index (Phi) is 5.55. The second-order valence-electron chi connectivity index (χ2n) is 5.80. The lowest BCUT2D eigenvalue weighted by molar-refractivity contribution is -0.134. The van der Waals surface area contributed by atoms with Crippen molar-refractivity contribution in [2.75, 3.05) is 14.2 Å². The maximum absolute atomic E-state index is 12.2. The molecule has 19 heavy (non-hydrogen) atoms. The topological polar surface area (TPSA) is 35.5 Å². The van der Waals surface area contributed by atoms with Crippen molar-refractivity contribution in [3.8, 4) is 5.75 Å². The minimum Gasteiger partial charge on any atom is -0.497 e. The van der Waals surface area contributed by atoms with Crippen molar-refractivity contribution in [1.29, 1.82) is 0 Å². The summed E-state index contributed by atoms with van der Waals surface area (Å²) in [5, 5.41) is 0. The number of carbonyl (C=O) groups excluding carboxylic acids is 1. The van der Waals surface area contributed by atoms with E-state index in [1.54, 1.807) is 14.2 Å². The Labute approximate surface area is 115 Å². The van der Waals surface area contributed by atoms with Crippen molar-refractivity contribution in [2.24, 2.45) is 5.41 Å². The van der Waals surface area contributed by atoms with Crippen LogP contribution in [0.25, 0.3) is 0 Å². The molecule has 3 heteroatoms.